The molecule has 6 nitrogen and oxygen atoms in total. The van der Waals surface area contributed by atoms with Crippen molar-refractivity contribution in [1.82, 2.24) is 20.5 Å². The summed E-state index contributed by atoms with van der Waals surface area (Å²) in [4.78, 5) is 23.1. The van der Waals surface area contributed by atoms with Crippen LogP contribution in [0.2, 0.25) is 0 Å². The average molecular weight is 439 g/mol. The molecule has 22 heavy (non-hydrogen) atoms. The smallest absolute Gasteiger partial charge is 0.241 e. The van der Waals surface area contributed by atoms with E-state index in [1.54, 1.807) is 37.4 Å². The number of hydrogen-bond donors (Lipinski definition) is 2. The molecular formula is C14H26IN5OS. The molecular weight excluding hydrogens is 413 g/mol. The van der Waals surface area contributed by atoms with Crippen LogP contribution in [0.1, 0.15) is 35.3 Å². The number of amides is 1. The van der Waals surface area contributed by atoms with Gasteiger partial charge in [-0.15, -0.1) is 35.3 Å². The Balaban J connectivity index is 0.00000441. The highest BCUT2D eigenvalue weighted by Gasteiger charge is 2.11. The van der Waals surface area contributed by atoms with E-state index >= 15 is 0 Å². The summed E-state index contributed by atoms with van der Waals surface area (Å²) >= 11 is 1.69. The molecule has 1 rings (SSSR count). The van der Waals surface area contributed by atoms with Crippen molar-refractivity contribution in [2.75, 3.05) is 27.7 Å². The van der Waals surface area contributed by atoms with E-state index < -0.39 is 0 Å². The fraction of sp³-hybridized carbons (Fsp3) is 0.643. The van der Waals surface area contributed by atoms with Crippen molar-refractivity contribution < 1.29 is 4.79 Å². The first kappa shape index (κ1) is 21.1. The van der Waals surface area contributed by atoms with Gasteiger partial charge in [-0.2, -0.15) is 0 Å². The molecule has 0 aliphatic carbocycles. The van der Waals surface area contributed by atoms with Crippen molar-refractivity contribution >= 4 is 47.2 Å². The maximum Gasteiger partial charge on any atom is 0.241 e. The quantitative estimate of drug-likeness (QED) is 0.418. The van der Waals surface area contributed by atoms with Crippen LogP contribution in [0.4, 0.5) is 0 Å². The van der Waals surface area contributed by atoms with E-state index in [4.69, 9.17) is 0 Å². The molecule has 126 valence electrons. The zero-order chi connectivity index (χ0) is 16.0. The maximum absolute atomic E-state index is 11.5. The average Bonchev–Trinajstić information content (AvgIpc) is 2.79. The molecule has 1 aromatic heterocycles. The number of halogens is 1. The number of aryl methyl sites for hydroxylation is 1. The molecule has 0 radical (unpaired) electrons. The van der Waals surface area contributed by atoms with E-state index in [0.29, 0.717) is 18.4 Å². The summed E-state index contributed by atoms with van der Waals surface area (Å²) < 4.78 is 0. The van der Waals surface area contributed by atoms with E-state index in [2.05, 4.69) is 41.4 Å². The molecule has 1 heterocycles. The normalized spacial score (nSPS) is 11.1. The van der Waals surface area contributed by atoms with Crippen molar-refractivity contribution in [2.45, 2.75) is 33.2 Å². The van der Waals surface area contributed by atoms with Gasteiger partial charge in [0.1, 0.15) is 5.01 Å². The predicted octanol–water partition coefficient (Wildman–Crippen LogP) is 1.95. The van der Waals surface area contributed by atoms with Crippen molar-refractivity contribution in [1.29, 1.82) is 0 Å². The zero-order valence-electron chi connectivity index (χ0n) is 14.1. The Morgan fingerprint density at radius 1 is 1.36 bits per heavy atom. The predicted molar refractivity (Wildman–Crippen MR) is 103 cm³/mol. The number of hydrogen-bond acceptors (Lipinski definition) is 4. The van der Waals surface area contributed by atoms with Crippen LogP contribution in [0.3, 0.4) is 0 Å². The second kappa shape index (κ2) is 9.98. The Morgan fingerprint density at radius 3 is 2.45 bits per heavy atom. The van der Waals surface area contributed by atoms with Crippen molar-refractivity contribution in [2.24, 2.45) is 4.99 Å². The van der Waals surface area contributed by atoms with Crippen LogP contribution in [0.25, 0.3) is 0 Å². The molecule has 0 fully saturated rings. The van der Waals surface area contributed by atoms with Crippen molar-refractivity contribution in [3.8, 4) is 0 Å². The zero-order valence-corrected chi connectivity index (χ0v) is 17.2. The lowest BCUT2D eigenvalue weighted by molar-refractivity contribution is -0.127. The minimum Gasteiger partial charge on any atom is -0.350 e. The maximum atomic E-state index is 11.5. The molecule has 1 amide bonds. The Bertz CT molecular complexity index is 513. The lowest BCUT2D eigenvalue weighted by Gasteiger charge is -2.13. The van der Waals surface area contributed by atoms with Crippen LogP contribution < -0.4 is 10.6 Å². The summed E-state index contributed by atoms with van der Waals surface area (Å²) in [5.74, 6) is 1.04. The van der Waals surface area contributed by atoms with Crippen LogP contribution in [-0.2, 0) is 11.3 Å². The number of aliphatic imine (C=N–C) groups is 1. The van der Waals surface area contributed by atoms with Crippen LogP contribution in [-0.4, -0.2) is 49.4 Å². The fourth-order valence-electron chi connectivity index (χ4n) is 1.77. The number of rotatable bonds is 5. The molecule has 2 N–H and O–H groups in total. The van der Waals surface area contributed by atoms with Gasteiger partial charge in [-0.1, -0.05) is 13.8 Å². The molecule has 0 aliphatic rings. The third-order valence-electron chi connectivity index (χ3n) is 2.96. The number of aromatic nitrogens is 1. The van der Waals surface area contributed by atoms with Gasteiger partial charge in [-0.25, -0.2) is 4.98 Å². The van der Waals surface area contributed by atoms with Crippen LogP contribution in [0.15, 0.2) is 4.99 Å². The number of nitrogens with one attached hydrogen (secondary N) is 2. The number of carbonyl (C=O) groups excluding carboxylic acids is 1. The number of nitrogens with zero attached hydrogens (tertiary/aromatic N) is 3. The summed E-state index contributed by atoms with van der Waals surface area (Å²) in [5.41, 5.74) is 1.16. The van der Waals surface area contributed by atoms with Crippen LogP contribution >= 0.6 is 35.3 Å². The molecule has 1 aromatic rings. The molecule has 0 spiro atoms. The molecule has 0 saturated carbocycles. The van der Waals surface area contributed by atoms with Gasteiger partial charge in [0.25, 0.3) is 0 Å². The summed E-state index contributed by atoms with van der Waals surface area (Å²) in [6, 6.07) is 0. The number of thiazole rings is 1. The van der Waals surface area contributed by atoms with E-state index in [1.165, 1.54) is 4.88 Å². The largest absolute Gasteiger partial charge is 0.350 e. The molecule has 0 bridgehead atoms. The number of carbonyl (C=O) groups is 1. The van der Waals surface area contributed by atoms with Gasteiger partial charge in [-0.3, -0.25) is 9.79 Å². The number of guanidine groups is 1. The van der Waals surface area contributed by atoms with Gasteiger partial charge in [0.05, 0.1) is 18.8 Å². The minimum atomic E-state index is 0. The van der Waals surface area contributed by atoms with Gasteiger partial charge in [0.15, 0.2) is 5.96 Å². The summed E-state index contributed by atoms with van der Waals surface area (Å²) in [6.45, 7) is 7.22. The number of likely N-dealkylation sites (N-methyl/N-ethyl adjacent to an activating group) is 1. The first-order chi connectivity index (χ1) is 9.85. The minimum absolute atomic E-state index is 0. The Labute approximate surface area is 153 Å². The SMILES string of the molecule is CN=C(NCC(=O)N(C)C)NCc1nc(C(C)C)c(C)s1.I. The van der Waals surface area contributed by atoms with E-state index in [0.717, 1.165) is 10.7 Å². The fourth-order valence-corrected chi connectivity index (χ4v) is 2.80. The van der Waals surface area contributed by atoms with Crippen molar-refractivity contribution in [3.05, 3.63) is 15.6 Å². The molecule has 8 heteroatoms. The molecule has 0 unspecified atom stereocenters. The Kier molecular flexibility index (Phi) is 9.58. The van der Waals surface area contributed by atoms with Gasteiger partial charge < -0.3 is 15.5 Å². The highest BCUT2D eigenvalue weighted by atomic mass is 127. The third-order valence-corrected chi connectivity index (χ3v) is 3.95. The first-order valence-electron chi connectivity index (χ1n) is 6.96. The second-order valence-electron chi connectivity index (χ2n) is 5.27. The van der Waals surface area contributed by atoms with Gasteiger partial charge in [0.2, 0.25) is 5.91 Å². The first-order valence-corrected chi connectivity index (χ1v) is 7.77. The van der Waals surface area contributed by atoms with Gasteiger partial charge in [0, 0.05) is 26.0 Å². The Hall–Kier alpha value is -0.900. The summed E-state index contributed by atoms with van der Waals surface area (Å²) in [6.07, 6.45) is 0. The van der Waals surface area contributed by atoms with Crippen LogP contribution in [0.5, 0.6) is 0 Å². The monoisotopic (exact) mass is 439 g/mol. The summed E-state index contributed by atoms with van der Waals surface area (Å²) in [7, 11) is 5.14. The van der Waals surface area contributed by atoms with Crippen LogP contribution in [0, 0.1) is 6.92 Å². The topological polar surface area (TPSA) is 69.6 Å². The Morgan fingerprint density at radius 2 is 2.00 bits per heavy atom. The van der Waals surface area contributed by atoms with E-state index in [9.17, 15) is 4.79 Å². The molecule has 0 aliphatic heterocycles. The third kappa shape index (κ3) is 6.47. The van der Waals surface area contributed by atoms with Gasteiger partial charge in [-0.05, 0) is 12.8 Å². The molecule has 0 aromatic carbocycles. The highest BCUT2D eigenvalue weighted by molar-refractivity contribution is 14.0. The van der Waals surface area contributed by atoms with Crippen molar-refractivity contribution in [3.63, 3.8) is 0 Å². The van der Waals surface area contributed by atoms with Gasteiger partial charge >= 0.3 is 0 Å². The standard InChI is InChI=1S/C14H25N5OS.HI/c1-9(2)13-10(3)21-11(18-13)7-16-14(15-4)17-8-12(20)19(5)6;/h9H,7-8H2,1-6H3,(H2,15,16,17);1H. The lowest BCUT2D eigenvalue weighted by atomic mass is 10.1. The molecule has 0 atom stereocenters. The summed E-state index contributed by atoms with van der Waals surface area (Å²) in [5, 5.41) is 7.19. The lowest BCUT2D eigenvalue weighted by Crippen LogP contribution is -2.42. The van der Waals surface area contributed by atoms with E-state index in [-0.39, 0.29) is 36.4 Å². The molecule has 0 saturated heterocycles. The van der Waals surface area contributed by atoms with E-state index in [1.807, 2.05) is 0 Å². The highest BCUT2D eigenvalue weighted by Crippen LogP contribution is 2.23. The second-order valence-corrected chi connectivity index (χ2v) is 6.56.